The van der Waals surface area contributed by atoms with Crippen LogP contribution in [0.1, 0.15) is 11.6 Å². The van der Waals surface area contributed by atoms with Crippen LogP contribution in [0.25, 0.3) is 0 Å². The topological polar surface area (TPSA) is 97.1 Å². The summed E-state index contributed by atoms with van der Waals surface area (Å²) in [7, 11) is 2.91. The maximum absolute atomic E-state index is 11.4. The first-order valence-electron chi connectivity index (χ1n) is 7.08. The lowest BCUT2D eigenvalue weighted by atomic mass is 10.0. The summed E-state index contributed by atoms with van der Waals surface area (Å²) in [6.07, 6.45) is 0. The number of aliphatic hydroxyl groups is 1. The number of benzene rings is 1. The van der Waals surface area contributed by atoms with Crippen molar-refractivity contribution in [3.8, 4) is 11.5 Å². The summed E-state index contributed by atoms with van der Waals surface area (Å²) >= 11 is 0. The van der Waals surface area contributed by atoms with Crippen molar-refractivity contribution < 1.29 is 19.5 Å². The Bertz CT molecular complexity index is 531. The van der Waals surface area contributed by atoms with Crippen LogP contribution >= 0.6 is 0 Å². The second-order valence-corrected chi connectivity index (χ2v) is 5.01. The van der Waals surface area contributed by atoms with Crippen molar-refractivity contribution >= 4 is 5.69 Å². The van der Waals surface area contributed by atoms with Gasteiger partial charge in [-0.2, -0.15) is 0 Å². The Morgan fingerprint density at radius 2 is 1.91 bits per heavy atom. The second-order valence-electron chi connectivity index (χ2n) is 5.01. The number of rotatable bonds is 6. The van der Waals surface area contributed by atoms with Gasteiger partial charge in [0.2, 0.25) is 0 Å². The van der Waals surface area contributed by atoms with E-state index in [0.29, 0.717) is 17.1 Å². The highest BCUT2D eigenvalue weighted by molar-refractivity contribution is 5.55. The molecular formula is C14H21N3O5. The number of nitrogens with one attached hydrogen (secondary N) is 1. The van der Waals surface area contributed by atoms with Gasteiger partial charge in [-0.05, 0) is 6.07 Å². The van der Waals surface area contributed by atoms with Gasteiger partial charge in [-0.3, -0.25) is 15.0 Å². The SMILES string of the molecule is COc1cc([C@@H](CO)N2CCNCC2)c([N+](=O)[O-])cc1OC. The average molecular weight is 311 g/mol. The van der Waals surface area contributed by atoms with E-state index < -0.39 is 11.0 Å². The van der Waals surface area contributed by atoms with E-state index in [1.54, 1.807) is 6.07 Å². The zero-order chi connectivity index (χ0) is 16.1. The van der Waals surface area contributed by atoms with Gasteiger partial charge in [-0.1, -0.05) is 0 Å². The van der Waals surface area contributed by atoms with E-state index in [1.165, 1.54) is 20.3 Å². The van der Waals surface area contributed by atoms with Crippen LogP contribution in [0.15, 0.2) is 12.1 Å². The van der Waals surface area contributed by atoms with Crippen LogP contribution in [0.5, 0.6) is 11.5 Å². The minimum Gasteiger partial charge on any atom is -0.493 e. The summed E-state index contributed by atoms with van der Waals surface area (Å²) < 4.78 is 10.4. The smallest absolute Gasteiger partial charge is 0.278 e. The number of nitro benzene ring substituents is 1. The fourth-order valence-electron chi connectivity index (χ4n) is 2.71. The van der Waals surface area contributed by atoms with E-state index in [0.717, 1.165) is 26.2 Å². The summed E-state index contributed by atoms with van der Waals surface area (Å²) in [5, 5.41) is 24.4. The molecule has 22 heavy (non-hydrogen) atoms. The highest BCUT2D eigenvalue weighted by atomic mass is 16.6. The van der Waals surface area contributed by atoms with E-state index >= 15 is 0 Å². The first kappa shape index (κ1) is 16.5. The fourth-order valence-corrected chi connectivity index (χ4v) is 2.71. The largest absolute Gasteiger partial charge is 0.493 e. The van der Waals surface area contributed by atoms with Crippen molar-refractivity contribution in [2.24, 2.45) is 0 Å². The molecule has 0 unspecified atom stereocenters. The van der Waals surface area contributed by atoms with Crippen molar-refractivity contribution in [2.75, 3.05) is 47.0 Å². The van der Waals surface area contributed by atoms with Crippen LogP contribution < -0.4 is 14.8 Å². The molecule has 2 N–H and O–H groups in total. The van der Waals surface area contributed by atoms with Gasteiger partial charge in [0.05, 0.1) is 43.4 Å². The summed E-state index contributed by atoms with van der Waals surface area (Å²) in [6.45, 7) is 2.82. The predicted molar refractivity (Wildman–Crippen MR) is 80.5 cm³/mol. The molecule has 1 heterocycles. The van der Waals surface area contributed by atoms with Crippen molar-refractivity contribution in [1.82, 2.24) is 10.2 Å². The third kappa shape index (κ3) is 3.29. The summed E-state index contributed by atoms with van der Waals surface area (Å²) in [4.78, 5) is 13.0. The standard InChI is InChI=1S/C14H21N3O5/c1-21-13-7-10(11(17(19)20)8-14(13)22-2)12(9-18)16-5-3-15-4-6-16/h7-8,12,15,18H,3-6,9H2,1-2H3/t12-/m1/s1. The van der Waals surface area contributed by atoms with E-state index in [2.05, 4.69) is 5.32 Å². The molecule has 1 aromatic carbocycles. The van der Waals surface area contributed by atoms with Crippen LogP contribution in [0.4, 0.5) is 5.69 Å². The van der Waals surface area contributed by atoms with Gasteiger partial charge in [0, 0.05) is 26.2 Å². The van der Waals surface area contributed by atoms with Crippen LogP contribution in [0.3, 0.4) is 0 Å². The third-order valence-corrected chi connectivity index (χ3v) is 3.85. The first-order valence-corrected chi connectivity index (χ1v) is 7.08. The van der Waals surface area contributed by atoms with Crippen molar-refractivity contribution in [1.29, 1.82) is 0 Å². The molecule has 0 aliphatic carbocycles. The van der Waals surface area contributed by atoms with E-state index in [4.69, 9.17) is 9.47 Å². The molecule has 0 spiro atoms. The molecule has 1 fully saturated rings. The van der Waals surface area contributed by atoms with Crippen LogP contribution in [-0.2, 0) is 0 Å². The molecule has 0 bridgehead atoms. The maximum Gasteiger partial charge on any atom is 0.278 e. The number of aliphatic hydroxyl groups excluding tert-OH is 1. The van der Waals surface area contributed by atoms with Gasteiger partial charge in [0.15, 0.2) is 11.5 Å². The lowest BCUT2D eigenvalue weighted by Gasteiger charge is -2.34. The Morgan fingerprint density at radius 3 is 2.41 bits per heavy atom. The Labute approximate surface area is 128 Å². The molecule has 1 aromatic rings. The van der Waals surface area contributed by atoms with Gasteiger partial charge >= 0.3 is 0 Å². The Balaban J connectivity index is 2.47. The monoisotopic (exact) mass is 311 g/mol. The van der Waals surface area contributed by atoms with E-state index in [9.17, 15) is 15.2 Å². The Hall–Kier alpha value is -1.90. The second kappa shape index (κ2) is 7.39. The minimum absolute atomic E-state index is 0.0739. The zero-order valence-corrected chi connectivity index (χ0v) is 12.7. The Kier molecular flexibility index (Phi) is 5.53. The minimum atomic E-state index is -0.456. The molecule has 8 nitrogen and oxygen atoms in total. The summed E-state index contributed by atoms with van der Waals surface area (Å²) in [5.41, 5.74) is 0.363. The normalized spacial score (nSPS) is 17.0. The van der Waals surface area contributed by atoms with Gasteiger partial charge in [0.1, 0.15) is 0 Å². The van der Waals surface area contributed by atoms with Crippen molar-refractivity contribution in [3.63, 3.8) is 0 Å². The molecule has 0 saturated carbocycles. The first-order chi connectivity index (χ1) is 10.6. The highest BCUT2D eigenvalue weighted by Gasteiger charge is 2.30. The lowest BCUT2D eigenvalue weighted by molar-refractivity contribution is -0.386. The van der Waals surface area contributed by atoms with Crippen LogP contribution in [0, 0.1) is 10.1 Å². The molecule has 2 rings (SSSR count). The summed E-state index contributed by atoms with van der Waals surface area (Å²) in [6, 6.07) is 2.49. The highest BCUT2D eigenvalue weighted by Crippen LogP contribution is 2.38. The quantitative estimate of drug-likeness (QED) is 0.585. The third-order valence-electron chi connectivity index (χ3n) is 3.85. The fraction of sp³-hybridized carbons (Fsp3) is 0.571. The van der Waals surface area contributed by atoms with E-state index in [1.807, 2.05) is 4.90 Å². The molecule has 0 radical (unpaired) electrons. The van der Waals surface area contributed by atoms with Gasteiger partial charge in [0.25, 0.3) is 5.69 Å². The van der Waals surface area contributed by atoms with Gasteiger partial charge < -0.3 is 19.9 Å². The maximum atomic E-state index is 11.4. The molecule has 0 aromatic heterocycles. The number of nitro groups is 1. The summed E-state index contributed by atoms with van der Waals surface area (Å²) in [5.74, 6) is 0.714. The molecule has 122 valence electrons. The molecular weight excluding hydrogens is 290 g/mol. The van der Waals surface area contributed by atoms with Gasteiger partial charge in [-0.15, -0.1) is 0 Å². The zero-order valence-electron chi connectivity index (χ0n) is 12.7. The van der Waals surface area contributed by atoms with Crippen molar-refractivity contribution in [3.05, 3.63) is 27.8 Å². The molecule has 0 amide bonds. The van der Waals surface area contributed by atoms with Crippen LogP contribution in [0.2, 0.25) is 0 Å². The van der Waals surface area contributed by atoms with Crippen LogP contribution in [-0.4, -0.2) is 61.9 Å². The lowest BCUT2D eigenvalue weighted by Crippen LogP contribution is -2.46. The van der Waals surface area contributed by atoms with E-state index in [-0.39, 0.29) is 12.3 Å². The molecule has 1 aliphatic heterocycles. The molecule has 1 aliphatic rings. The molecule has 1 atom stereocenters. The number of ether oxygens (including phenoxy) is 2. The number of methoxy groups -OCH3 is 2. The number of hydrogen-bond acceptors (Lipinski definition) is 7. The number of nitrogens with zero attached hydrogens (tertiary/aromatic N) is 2. The predicted octanol–water partition coefficient (Wildman–Crippen LogP) is 0.551. The number of piperazine rings is 1. The molecule has 8 heteroatoms. The number of hydrogen-bond donors (Lipinski definition) is 2. The van der Waals surface area contributed by atoms with Crippen molar-refractivity contribution in [2.45, 2.75) is 6.04 Å². The van der Waals surface area contributed by atoms with Gasteiger partial charge in [-0.25, -0.2) is 0 Å². The Morgan fingerprint density at radius 1 is 1.32 bits per heavy atom. The average Bonchev–Trinajstić information content (AvgIpc) is 2.55. The molecule has 1 saturated heterocycles.